The van der Waals surface area contributed by atoms with Gasteiger partial charge in [0.1, 0.15) is 5.38 Å². The van der Waals surface area contributed by atoms with Gasteiger partial charge in [-0.3, -0.25) is 0 Å². The Morgan fingerprint density at radius 2 is 1.53 bits per heavy atom. The zero-order valence-electron chi connectivity index (χ0n) is 9.10. The first kappa shape index (κ1) is 12.4. The molecule has 84 valence electrons. The van der Waals surface area contributed by atoms with E-state index in [0.29, 0.717) is 5.56 Å². The van der Waals surface area contributed by atoms with Gasteiger partial charge in [-0.05, 0) is 16.5 Å². The molecule has 0 aliphatic heterocycles. The van der Waals surface area contributed by atoms with Crippen molar-refractivity contribution in [1.82, 2.24) is 0 Å². The van der Waals surface area contributed by atoms with E-state index < -0.39 is 11.8 Å². The van der Waals surface area contributed by atoms with Crippen LogP contribution in [-0.4, -0.2) is 6.43 Å². The van der Waals surface area contributed by atoms with E-state index in [1.807, 2.05) is 12.1 Å². The lowest BCUT2D eigenvalue weighted by atomic mass is 9.86. The van der Waals surface area contributed by atoms with Crippen molar-refractivity contribution in [3.8, 4) is 0 Å². The van der Waals surface area contributed by atoms with E-state index in [9.17, 15) is 8.78 Å². The molecule has 0 aromatic heterocycles. The Labute approximate surface area is 94.3 Å². The summed E-state index contributed by atoms with van der Waals surface area (Å²) >= 11 is 5.56. The summed E-state index contributed by atoms with van der Waals surface area (Å²) in [5, 5.41) is -1.21. The van der Waals surface area contributed by atoms with Crippen LogP contribution < -0.4 is 0 Å². The summed E-state index contributed by atoms with van der Waals surface area (Å²) < 4.78 is 24.6. The van der Waals surface area contributed by atoms with Gasteiger partial charge in [0.2, 0.25) is 0 Å². The molecule has 3 heteroatoms. The largest absolute Gasteiger partial charge is 0.258 e. The van der Waals surface area contributed by atoms with Crippen molar-refractivity contribution in [2.24, 2.45) is 0 Å². The number of benzene rings is 1. The molecule has 0 aliphatic rings. The highest BCUT2D eigenvalue weighted by atomic mass is 35.5. The fourth-order valence-corrected chi connectivity index (χ4v) is 1.46. The van der Waals surface area contributed by atoms with Gasteiger partial charge in [-0.2, -0.15) is 0 Å². The van der Waals surface area contributed by atoms with Crippen LogP contribution >= 0.6 is 11.6 Å². The van der Waals surface area contributed by atoms with Crippen molar-refractivity contribution in [2.75, 3.05) is 0 Å². The summed E-state index contributed by atoms with van der Waals surface area (Å²) in [6.45, 7) is 6.23. The second kappa shape index (κ2) is 4.48. The maximum atomic E-state index is 12.3. The maximum absolute atomic E-state index is 12.3. The molecule has 0 heterocycles. The molecule has 1 unspecified atom stereocenters. The van der Waals surface area contributed by atoms with Crippen LogP contribution in [0.3, 0.4) is 0 Å². The van der Waals surface area contributed by atoms with Gasteiger partial charge in [-0.15, -0.1) is 11.6 Å². The lowest BCUT2D eigenvalue weighted by molar-refractivity contribution is 0.143. The zero-order chi connectivity index (χ0) is 11.6. The van der Waals surface area contributed by atoms with Gasteiger partial charge in [0.05, 0.1) is 0 Å². The molecule has 0 saturated heterocycles. The summed E-state index contributed by atoms with van der Waals surface area (Å²) in [6.07, 6.45) is -2.52. The Hall–Kier alpha value is -0.630. The Balaban J connectivity index is 2.91. The molecule has 0 fully saturated rings. The average molecular weight is 233 g/mol. The highest BCUT2D eigenvalue weighted by molar-refractivity contribution is 6.21. The number of alkyl halides is 3. The molecule has 1 rings (SSSR count). The molecule has 15 heavy (non-hydrogen) atoms. The molecule has 0 N–H and O–H groups in total. The van der Waals surface area contributed by atoms with E-state index in [4.69, 9.17) is 11.6 Å². The number of hydrogen-bond donors (Lipinski definition) is 0. The minimum atomic E-state index is -2.52. The maximum Gasteiger partial charge on any atom is 0.258 e. The van der Waals surface area contributed by atoms with Gasteiger partial charge >= 0.3 is 0 Å². The third-order valence-electron chi connectivity index (χ3n) is 2.32. The van der Waals surface area contributed by atoms with Crippen LogP contribution in [0.1, 0.15) is 37.3 Å². The number of halogens is 3. The molecule has 0 nitrogen and oxygen atoms in total. The van der Waals surface area contributed by atoms with Crippen LogP contribution in [0.25, 0.3) is 0 Å². The molecule has 1 aromatic rings. The van der Waals surface area contributed by atoms with Gasteiger partial charge in [0, 0.05) is 0 Å². The predicted octanol–water partition coefficient (Wildman–Crippen LogP) is 4.53. The third kappa shape index (κ3) is 3.16. The van der Waals surface area contributed by atoms with Crippen molar-refractivity contribution in [1.29, 1.82) is 0 Å². The first-order chi connectivity index (χ1) is 6.82. The molecular weight excluding hydrogens is 218 g/mol. The van der Waals surface area contributed by atoms with Gasteiger partial charge < -0.3 is 0 Å². The topological polar surface area (TPSA) is 0 Å². The third-order valence-corrected chi connectivity index (χ3v) is 2.76. The molecule has 1 atom stereocenters. The zero-order valence-corrected chi connectivity index (χ0v) is 9.85. The van der Waals surface area contributed by atoms with Crippen molar-refractivity contribution < 1.29 is 8.78 Å². The van der Waals surface area contributed by atoms with Crippen molar-refractivity contribution in [2.45, 2.75) is 38.0 Å². The van der Waals surface area contributed by atoms with Crippen LogP contribution in [0.4, 0.5) is 8.78 Å². The Bertz CT molecular complexity index is 311. The number of rotatable bonds is 2. The Morgan fingerprint density at radius 1 is 1.07 bits per heavy atom. The SMILES string of the molecule is CC(C)(C)c1ccc(C(Cl)C(F)F)cc1. The van der Waals surface area contributed by atoms with E-state index in [0.717, 1.165) is 5.56 Å². The van der Waals surface area contributed by atoms with Crippen LogP contribution in [0, 0.1) is 0 Å². The van der Waals surface area contributed by atoms with Gasteiger partial charge in [-0.1, -0.05) is 45.0 Å². The van der Waals surface area contributed by atoms with E-state index in [1.54, 1.807) is 12.1 Å². The Kier molecular flexibility index (Phi) is 3.72. The monoisotopic (exact) mass is 232 g/mol. The summed E-state index contributed by atoms with van der Waals surface area (Å²) in [4.78, 5) is 0. The Morgan fingerprint density at radius 3 is 1.87 bits per heavy atom. The molecule has 0 radical (unpaired) electrons. The van der Waals surface area contributed by atoms with Crippen LogP contribution in [-0.2, 0) is 5.41 Å². The van der Waals surface area contributed by atoms with Crippen molar-refractivity contribution >= 4 is 11.6 Å². The van der Waals surface area contributed by atoms with Crippen LogP contribution in [0.15, 0.2) is 24.3 Å². The van der Waals surface area contributed by atoms with E-state index in [-0.39, 0.29) is 5.41 Å². The highest BCUT2D eigenvalue weighted by Crippen LogP contribution is 2.29. The summed E-state index contributed by atoms with van der Waals surface area (Å²) in [6, 6.07) is 7.05. The smallest absolute Gasteiger partial charge is 0.208 e. The minimum Gasteiger partial charge on any atom is -0.208 e. The quantitative estimate of drug-likeness (QED) is 0.658. The van der Waals surface area contributed by atoms with Gasteiger partial charge in [0.25, 0.3) is 6.43 Å². The second-order valence-electron chi connectivity index (χ2n) is 4.61. The lowest BCUT2D eigenvalue weighted by Gasteiger charge is -2.19. The molecule has 0 bridgehead atoms. The minimum absolute atomic E-state index is 0.0329. The van der Waals surface area contributed by atoms with E-state index in [1.165, 1.54) is 0 Å². The van der Waals surface area contributed by atoms with Crippen LogP contribution in [0.5, 0.6) is 0 Å². The fraction of sp³-hybridized carbons (Fsp3) is 0.500. The normalized spacial score (nSPS) is 14.3. The summed E-state index contributed by atoms with van der Waals surface area (Å²) in [7, 11) is 0. The molecular formula is C12H15ClF2. The van der Waals surface area contributed by atoms with Gasteiger partial charge in [-0.25, -0.2) is 8.78 Å². The van der Waals surface area contributed by atoms with Crippen LogP contribution in [0.2, 0.25) is 0 Å². The molecule has 0 spiro atoms. The highest BCUT2D eigenvalue weighted by Gasteiger charge is 2.20. The van der Waals surface area contributed by atoms with Crippen molar-refractivity contribution in [3.05, 3.63) is 35.4 Å². The lowest BCUT2D eigenvalue weighted by Crippen LogP contribution is -2.11. The van der Waals surface area contributed by atoms with Gasteiger partial charge in [0.15, 0.2) is 0 Å². The standard InChI is InChI=1S/C12H15ClF2/c1-12(2,3)9-6-4-8(5-7-9)10(13)11(14)15/h4-7,10-11H,1-3H3. The molecule has 0 saturated carbocycles. The first-order valence-corrected chi connectivity index (χ1v) is 5.28. The molecule has 0 aliphatic carbocycles. The molecule has 1 aromatic carbocycles. The molecule has 0 amide bonds. The fourth-order valence-electron chi connectivity index (χ4n) is 1.31. The second-order valence-corrected chi connectivity index (χ2v) is 5.08. The van der Waals surface area contributed by atoms with Crippen molar-refractivity contribution in [3.63, 3.8) is 0 Å². The summed E-state index contributed by atoms with van der Waals surface area (Å²) in [5.41, 5.74) is 1.62. The first-order valence-electron chi connectivity index (χ1n) is 4.85. The average Bonchev–Trinajstić information content (AvgIpc) is 2.15. The predicted molar refractivity (Wildman–Crippen MR) is 59.7 cm³/mol. The van der Waals surface area contributed by atoms with E-state index in [2.05, 4.69) is 20.8 Å². The van der Waals surface area contributed by atoms with E-state index >= 15 is 0 Å². The number of hydrogen-bond acceptors (Lipinski definition) is 0. The summed E-state index contributed by atoms with van der Waals surface area (Å²) in [5.74, 6) is 0.